The molecule has 0 amide bonds. The van der Waals surface area contributed by atoms with Crippen LogP contribution in [0.3, 0.4) is 0 Å². The SMILES string of the molecule is CC(c1nnc(-c2cccs2)o1)N1CCCN(Cc2cnn(C)c2)CC1. The number of hydrogen-bond acceptors (Lipinski definition) is 7. The second-order valence-electron chi connectivity index (χ2n) is 6.79. The molecule has 0 radical (unpaired) electrons. The molecule has 0 spiro atoms. The third-order valence-electron chi connectivity index (χ3n) is 4.87. The molecule has 138 valence electrons. The van der Waals surface area contributed by atoms with Crippen LogP contribution in [-0.4, -0.2) is 56.0 Å². The molecule has 8 heteroatoms. The lowest BCUT2D eigenvalue weighted by Crippen LogP contribution is -2.32. The summed E-state index contributed by atoms with van der Waals surface area (Å²) in [5.74, 6) is 1.32. The minimum absolute atomic E-state index is 0.134. The van der Waals surface area contributed by atoms with Crippen LogP contribution >= 0.6 is 11.3 Å². The molecule has 1 unspecified atom stereocenters. The molecule has 1 saturated heterocycles. The van der Waals surface area contributed by atoms with E-state index in [1.165, 1.54) is 5.56 Å². The molecule has 0 aliphatic carbocycles. The van der Waals surface area contributed by atoms with Crippen molar-refractivity contribution in [1.29, 1.82) is 0 Å². The van der Waals surface area contributed by atoms with Gasteiger partial charge in [-0.05, 0) is 31.3 Å². The van der Waals surface area contributed by atoms with Gasteiger partial charge >= 0.3 is 0 Å². The molecule has 4 rings (SSSR count). The molecule has 1 atom stereocenters. The lowest BCUT2D eigenvalue weighted by atomic mass is 10.2. The molecule has 1 aliphatic rings. The van der Waals surface area contributed by atoms with E-state index in [1.54, 1.807) is 11.3 Å². The Labute approximate surface area is 157 Å². The first kappa shape index (κ1) is 17.4. The van der Waals surface area contributed by atoms with Crippen molar-refractivity contribution in [2.24, 2.45) is 7.05 Å². The second-order valence-corrected chi connectivity index (χ2v) is 7.73. The first-order chi connectivity index (χ1) is 12.7. The van der Waals surface area contributed by atoms with Crippen molar-refractivity contribution in [1.82, 2.24) is 29.8 Å². The summed E-state index contributed by atoms with van der Waals surface area (Å²) in [4.78, 5) is 5.96. The standard InChI is InChI=1S/C18H24N6OS/c1-14(17-20-21-18(25-17)16-5-3-10-26-16)24-7-4-6-23(8-9-24)13-15-11-19-22(2)12-15/h3,5,10-12,14H,4,6-9,13H2,1-2H3. The van der Waals surface area contributed by atoms with Crippen LogP contribution < -0.4 is 0 Å². The fourth-order valence-electron chi connectivity index (χ4n) is 3.41. The Morgan fingerprint density at radius 1 is 1.23 bits per heavy atom. The Morgan fingerprint density at radius 2 is 2.15 bits per heavy atom. The van der Waals surface area contributed by atoms with E-state index in [4.69, 9.17) is 4.42 Å². The van der Waals surface area contributed by atoms with Crippen molar-refractivity contribution in [2.75, 3.05) is 26.2 Å². The van der Waals surface area contributed by atoms with Crippen molar-refractivity contribution >= 4 is 11.3 Å². The van der Waals surface area contributed by atoms with Gasteiger partial charge < -0.3 is 4.42 Å². The number of hydrogen-bond donors (Lipinski definition) is 0. The highest BCUT2D eigenvalue weighted by Crippen LogP contribution is 2.27. The predicted molar refractivity (Wildman–Crippen MR) is 101 cm³/mol. The topological polar surface area (TPSA) is 63.2 Å². The Kier molecular flexibility index (Phi) is 5.14. The van der Waals surface area contributed by atoms with Gasteiger partial charge in [-0.1, -0.05) is 6.07 Å². The minimum atomic E-state index is 0.134. The quantitative estimate of drug-likeness (QED) is 0.686. The van der Waals surface area contributed by atoms with E-state index >= 15 is 0 Å². The van der Waals surface area contributed by atoms with Crippen molar-refractivity contribution in [3.63, 3.8) is 0 Å². The highest BCUT2D eigenvalue weighted by atomic mass is 32.1. The molecule has 7 nitrogen and oxygen atoms in total. The van der Waals surface area contributed by atoms with Crippen LogP contribution in [0.4, 0.5) is 0 Å². The van der Waals surface area contributed by atoms with Gasteiger partial charge in [0.05, 0.1) is 17.1 Å². The van der Waals surface area contributed by atoms with Crippen LogP contribution in [-0.2, 0) is 13.6 Å². The third-order valence-corrected chi connectivity index (χ3v) is 5.72. The monoisotopic (exact) mass is 372 g/mol. The number of aryl methyl sites for hydroxylation is 1. The molecule has 3 aromatic heterocycles. The molecule has 1 fully saturated rings. The van der Waals surface area contributed by atoms with Crippen molar-refractivity contribution in [2.45, 2.75) is 25.9 Å². The number of rotatable bonds is 5. The Balaban J connectivity index is 1.37. The Morgan fingerprint density at radius 3 is 2.92 bits per heavy atom. The zero-order valence-electron chi connectivity index (χ0n) is 15.2. The van der Waals surface area contributed by atoms with Crippen LogP contribution in [0.25, 0.3) is 10.8 Å². The predicted octanol–water partition coefficient (Wildman–Crippen LogP) is 2.80. The van der Waals surface area contributed by atoms with Gasteiger partial charge in [-0.3, -0.25) is 14.5 Å². The van der Waals surface area contributed by atoms with Gasteiger partial charge in [-0.2, -0.15) is 5.10 Å². The zero-order valence-corrected chi connectivity index (χ0v) is 16.0. The summed E-state index contributed by atoms with van der Waals surface area (Å²) < 4.78 is 7.79. The van der Waals surface area contributed by atoms with Crippen molar-refractivity contribution in [3.8, 4) is 10.8 Å². The van der Waals surface area contributed by atoms with Gasteiger partial charge in [-0.25, -0.2) is 0 Å². The largest absolute Gasteiger partial charge is 0.418 e. The van der Waals surface area contributed by atoms with E-state index in [0.717, 1.165) is 44.0 Å². The average Bonchev–Trinajstić information content (AvgIpc) is 3.35. The zero-order chi connectivity index (χ0) is 17.9. The van der Waals surface area contributed by atoms with Crippen LogP contribution in [0.15, 0.2) is 34.3 Å². The molecular weight excluding hydrogens is 348 g/mol. The molecule has 3 aromatic rings. The van der Waals surface area contributed by atoms with Gasteiger partial charge in [0.25, 0.3) is 5.89 Å². The van der Waals surface area contributed by atoms with Crippen LogP contribution in [0.2, 0.25) is 0 Å². The van der Waals surface area contributed by atoms with Crippen LogP contribution in [0.1, 0.15) is 30.8 Å². The van der Waals surface area contributed by atoms with E-state index in [-0.39, 0.29) is 6.04 Å². The molecule has 0 N–H and O–H groups in total. The molecule has 0 bridgehead atoms. The Bertz CT molecular complexity index is 826. The first-order valence-corrected chi connectivity index (χ1v) is 9.88. The normalized spacial score (nSPS) is 18.1. The molecule has 26 heavy (non-hydrogen) atoms. The second kappa shape index (κ2) is 7.69. The maximum absolute atomic E-state index is 5.93. The molecule has 0 aromatic carbocycles. The fourth-order valence-corrected chi connectivity index (χ4v) is 4.05. The maximum atomic E-state index is 5.93. The smallest absolute Gasteiger partial charge is 0.257 e. The van der Waals surface area contributed by atoms with Crippen LogP contribution in [0.5, 0.6) is 0 Å². The van der Waals surface area contributed by atoms with E-state index in [1.807, 2.05) is 35.4 Å². The summed E-state index contributed by atoms with van der Waals surface area (Å²) in [5.41, 5.74) is 1.27. The molecule has 0 saturated carbocycles. The molecule has 4 heterocycles. The van der Waals surface area contributed by atoms with Crippen molar-refractivity contribution in [3.05, 3.63) is 41.4 Å². The minimum Gasteiger partial charge on any atom is -0.418 e. The lowest BCUT2D eigenvalue weighted by Gasteiger charge is -2.25. The van der Waals surface area contributed by atoms with Gasteiger partial charge in [0.2, 0.25) is 5.89 Å². The first-order valence-electron chi connectivity index (χ1n) is 9.00. The van der Waals surface area contributed by atoms with Crippen LogP contribution in [0, 0.1) is 0 Å². The summed E-state index contributed by atoms with van der Waals surface area (Å²) in [6.45, 7) is 7.29. The van der Waals surface area contributed by atoms with Gasteiger partial charge in [0, 0.05) is 45.0 Å². The van der Waals surface area contributed by atoms with Gasteiger partial charge in [-0.15, -0.1) is 21.5 Å². The van der Waals surface area contributed by atoms with Gasteiger partial charge in [0.15, 0.2) is 0 Å². The summed E-state index contributed by atoms with van der Waals surface area (Å²) in [7, 11) is 1.96. The number of aromatic nitrogens is 4. The van der Waals surface area contributed by atoms with E-state index < -0.39 is 0 Å². The highest BCUT2D eigenvalue weighted by molar-refractivity contribution is 7.13. The summed E-state index contributed by atoms with van der Waals surface area (Å²) >= 11 is 1.62. The maximum Gasteiger partial charge on any atom is 0.257 e. The molecular formula is C18H24N6OS. The average molecular weight is 372 g/mol. The molecule has 1 aliphatic heterocycles. The highest BCUT2D eigenvalue weighted by Gasteiger charge is 2.24. The number of nitrogens with zero attached hydrogens (tertiary/aromatic N) is 6. The number of thiophene rings is 1. The van der Waals surface area contributed by atoms with E-state index in [0.29, 0.717) is 11.8 Å². The third kappa shape index (κ3) is 3.87. The summed E-state index contributed by atoms with van der Waals surface area (Å²) in [5, 5.41) is 14.8. The Hall–Kier alpha value is -2.03. The summed E-state index contributed by atoms with van der Waals surface area (Å²) in [6.07, 6.45) is 5.18. The lowest BCUT2D eigenvalue weighted by molar-refractivity contribution is 0.184. The summed E-state index contributed by atoms with van der Waals surface area (Å²) in [6, 6.07) is 4.14. The van der Waals surface area contributed by atoms with E-state index in [2.05, 4.69) is 38.2 Å². The van der Waals surface area contributed by atoms with Gasteiger partial charge in [0.1, 0.15) is 0 Å². The fraction of sp³-hybridized carbons (Fsp3) is 0.500. The van der Waals surface area contributed by atoms with E-state index in [9.17, 15) is 0 Å². The van der Waals surface area contributed by atoms with Crippen molar-refractivity contribution < 1.29 is 4.42 Å².